The van der Waals surface area contributed by atoms with Gasteiger partial charge in [0, 0.05) is 30.7 Å². The topological polar surface area (TPSA) is 15.3 Å². The first kappa shape index (κ1) is 12.0. The Morgan fingerprint density at radius 3 is 2.24 bits per heavy atom. The van der Waals surface area contributed by atoms with Gasteiger partial charge in [-0.25, -0.2) is 0 Å². The summed E-state index contributed by atoms with van der Waals surface area (Å²) in [5.74, 6) is 0. The molecule has 3 rings (SSSR count). The van der Waals surface area contributed by atoms with Gasteiger partial charge in [0.1, 0.15) is 0 Å². The monoisotopic (exact) mass is 236 g/mol. The molecular weight excluding hydrogens is 208 g/mol. The van der Waals surface area contributed by atoms with Gasteiger partial charge in [0.15, 0.2) is 0 Å². The van der Waals surface area contributed by atoms with Crippen molar-refractivity contribution < 1.29 is 0 Å². The summed E-state index contributed by atoms with van der Waals surface area (Å²) in [6, 6.07) is 0. The molecule has 98 valence electrons. The summed E-state index contributed by atoms with van der Waals surface area (Å²) in [5.41, 5.74) is 1.02. The molecule has 17 heavy (non-hydrogen) atoms. The highest BCUT2D eigenvalue weighted by molar-refractivity contribution is 5.02. The zero-order chi connectivity index (χ0) is 11.8. The van der Waals surface area contributed by atoms with Gasteiger partial charge in [-0.2, -0.15) is 0 Å². The van der Waals surface area contributed by atoms with Crippen molar-refractivity contribution >= 4 is 0 Å². The van der Waals surface area contributed by atoms with E-state index in [1.807, 2.05) is 0 Å². The molecule has 0 atom stereocenters. The van der Waals surface area contributed by atoms with Crippen molar-refractivity contribution in [1.82, 2.24) is 10.2 Å². The van der Waals surface area contributed by atoms with E-state index < -0.39 is 0 Å². The number of nitrogens with zero attached hydrogens (tertiary/aromatic N) is 1. The lowest BCUT2D eigenvalue weighted by molar-refractivity contribution is 0.0237. The Morgan fingerprint density at radius 1 is 0.882 bits per heavy atom. The molecule has 1 saturated heterocycles. The summed E-state index contributed by atoms with van der Waals surface area (Å²) in [7, 11) is 0. The molecule has 2 aliphatic carbocycles. The van der Waals surface area contributed by atoms with E-state index in [1.165, 1.54) is 77.4 Å². The van der Waals surface area contributed by atoms with Gasteiger partial charge < -0.3 is 5.32 Å². The zero-order valence-electron chi connectivity index (χ0n) is 11.4. The Morgan fingerprint density at radius 2 is 1.53 bits per heavy atom. The van der Waals surface area contributed by atoms with Crippen LogP contribution in [0.25, 0.3) is 0 Å². The average molecular weight is 236 g/mol. The Balaban J connectivity index is 1.70. The fraction of sp³-hybridized carbons (Fsp3) is 1.00. The normalized spacial score (nSPS) is 33.0. The van der Waals surface area contributed by atoms with Gasteiger partial charge in [0.05, 0.1) is 0 Å². The van der Waals surface area contributed by atoms with Crippen LogP contribution in [0.2, 0.25) is 0 Å². The third-order valence-corrected chi connectivity index (χ3v) is 5.63. The number of piperazine rings is 1. The van der Waals surface area contributed by atoms with Gasteiger partial charge in [-0.3, -0.25) is 4.90 Å². The van der Waals surface area contributed by atoms with Gasteiger partial charge in [-0.05, 0) is 32.6 Å². The minimum atomic E-state index is 0.488. The SMILES string of the molecule is CC1(N2CCNC3(CCCCC3)C2)CCCC1. The van der Waals surface area contributed by atoms with Crippen LogP contribution >= 0.6 is 0 Å². The van der Waals surface area contributed by atoms with Crippen molar-refractivity contribution in [2.75, 3.05) is 19.6 Å². The fourth-order valence-corrected chi connectivity index (χ4v) is 4.43. The molecule has 0 aromatic heterocycles. The maximum atomic E-state index is 3.86. The molecule has 2 saturated carbocycles. The second-order valence-electron chi connectivity index (χ2n) is 6.89. The highest BCUT2D eigenvalue weighted by atomic mass is 15.3. The quantitative estimate of drug-likeness (QED) is 0.753. The molecule has 3 aliphatic rings. The lowest BCUT2D eigenvalue weighted by Gasteiger charge is -2.51. The first-order valence-electron chi connectivity index (χ1n) is 7.73. The molecule has 0 radical (unpaired) electrons. The number of nitrogens with one attached hydrogen (secondary N) is 1. The Hall–Kier alpha value is -0.0800. The van der Waals surface area contributed by atoms with Gasteiger partial charge in [0.2, 0.25) is 0 Å². The first-order valence-corrected chi connectivity index (χ1v) is 7.73. The van der Waals surface area contributed by atoms with E-state index in [0.29, 0.717) is 11.1 Å². The van der Waals surface area contributed by atoms with Crippen molar-refractivity contribution in [1.29, 1.82) is 0 Å². The third kappa shape index (κ3) is 2.26. The molecule has 0 amide bonds. The highest BCUT2D eigenvalue weighted by Gasteiger charge is 2.43. The minimum Gasteiger partial charge on any atom is -0.309 e. The molecular formula is C15H28N2. The summed E-state index contributed by atoms with van der Waals surface area (Å²) in [5, 5.41) is 3.86. The van der Waals surface area contributed by atoms with E-state index >= 15 is 0 Å². The summed E-state index contributed by atoms with van der Waals surface area (Å²) >= 11 is 0. The molecule has 0 aromatic carbocycles. The largest absolute Gasteiger partial charge is 0.309 e. The molecule has 1 heterocycles. The van der Waals surface area contributed by atoms with Crippen molar-refractivity contribution in [2.45, 2.75) is 75.8 Å². The van der Waals surface area contributed by atoms with Crippen LogP contribution in [0.15, 0.2) is 0 Å². The van der Waals surface area contributed by atoms with Crippen molar-refractivity contribution in [2.24, 2.45) is 0 Å². The molecule has 3 fully saturated rings. The smallest absolute Gasteiger partial charge is 0.0309 e. The number of hydrogen-bond donors (Lipinski definition) is 1. The molecule has 0 bridgehead atoms. The summed E-state index contributed by atoms with van der Waals surface area (Å²) in [6.45, 7) is 6.33. The van der Waals surface area contributed by atoms with Crippen LogP contribution in [0.5, 0.6) is 0 Å². The van der Waals surface area contributed by atoms with E-state index in [2.05, 4.69) is 17.1 Å². The molecule has 1 spiro atoms. The third-order valence-electron chi connectivity index (χ3n) is 5.63. The summed E-state index contributed by atoms with van der Waals surface area (Å²) < 4.78 is 0. The minimum absolute atomic E-state index is 0.488. The Bertz CT molecular complexity index is 257. The molecule has 0 unspecified atom stereocenters. The van der Waals surface area contributed by atoms with Gasteiger partial charge >= 0.3 is 0 Å². The summed E-state index contributed by atoms with van der Waals surface area (Å²) in [4.78, 5) is 2.84. The molecule has 2 nitrogen and oxygen atoms in total. The van der Waals surface area contributed by atoms with Gasteiger partial charge in [-0.15, -0.1) is 0 Å². The van der Waals surface area contributed by atoms with Crippen LogP contribution in [0.4, 0.5) is 0 Å². The van der Waals surface area contributed by atoms with E-state index in [-0.39, 0.29) is 0 Å². The number of rotatable bonds is 1. The van der Waals surface area contributed by atoms with Crippen LogP contribution in [0, 0.1) is 0 Å². The van der Waals surface area contributed by atoms with Crippen LogP contribution in [0.3, 0.4) is 0 Å². The standard InChI is InChI=1S/C15H28N2/c1-14(7-5-6-8-14)17-12-11-16-15(13-17)9-3-2-4-10-15/h16H,2-13H2,1H3. The average Bonchev–Trinajstić information content (AvgIpc) is 2.79. The zero-order valence-corrected chi connectivity index (χ0v) is 11.4. The Labute approximate surface area is 106 Å². The second-order valence-corrected chi connectivity index (χ2v) is 6.89. The predicted octanol–water partition coefficient (Wildman–Crippen LogP) is 2.93. The van der Waals surface area contributed by atoms with E-state index in [4.69, 9.17) is 0 Å². The number of hydrogen-bond acceptors (Lipinski definition) is 2. The van der Waals surface area contributed by atoms with Crippen molar-refractivity contribution in [3.8, 4) is 0 Å². The summed E-state index contributed by atoms with van der Waals surface area (Å²) in [6.07, 6.45) is 12.9. The van der Waals surface area contributed by atoms with Crippen LogP contribution in [-0.2, 0) is 0 Å². The van der Waals surface area contributed by atoms with Crippen molar-refractivity contribution in [3.05, 3.63) is 0 Å². The molecule has 0 aromatic rings. The second kappa shape index (κ2) is 4.55. The van der Waals surface area contributed by atoms with Crippen LogP contribution < -0.4 is 5.32 Å². The maximum absolute atomic E-state index is 3.86. The maximum Gasteiger partial charge on any atom is 0.0309 e. The van der Waals surface area contributed by atoms with Crippen molar-refractivity contribution in [3.63, 3.8) is 0 Å². The Kier molecular flexibility index (Phi) is 3.20. The first-order chi connectivity index (χ1) is 8.23. The predicted molar refractivity (Wildman–Crippen MR) is 72.3 cm³/mol. The lowest BCUT2D eigenvalue weighted by atomic mass is 9.79. The fourth-order valence-electron chi connectivity index (χ4n) is 4.43. The van der Waals surface area contributed by atoms with Crippen LogP contribution in [0.1, 0.15) is 64.7 Å². The molecule has 2 heteroatoms. The molecule has 1 aliphatic heterocycles. The van der Waals surface area contributed by atoms with E-state index in [1.54, 1.807) is 0 Å². The van der Waals surface area contributed by atoms with E-state index in [0.717, 1.165) is 0 Å². The van der Waals surface area contributed by atoms with Gasteiger partial charge in [-0.1, -0.05) is 32.1 Å². The van der Waals surface area contributed by atoms with E-state index in [9.17, 15) is 0 Å². The van der Waals surface area contributed by atoms with Gasteiger partial charge in [0.25, 0.3) is 0 Å². The molecule has 1 N–H and O–H groups in total. The van der Waals surface area contributed by atoms with Crippen LogP contribution in [-0.4, -0.2) is 35.6 Å². The lowest BCUT2D eigenvalue weighted by Crippen LogP contribution is -2.65. The highest BCUT2D eigenvalue weighted by Crippen LogP contribution is 2.39.